The van der Waals surface area contributed by atoms with Gasteiger partial charge in [-0.1, -0.05) is 18.2 Å². The molecule has 0 bridgehead atoms. The Morgan fingerprint density at radius 3 is 2.40 bits per heavy atom. The Morgan fingerprint density at radius 2 is 1.75 bits per heavy atom. The van der Waals surface area contributed by atoms with E-state index in [-0.39, 0.29) is 0 Å². The number of para-hydroxylation sites is 1. The number of hydrazone groups is 1. The molecule has 0 N–H and O–H groups in total. The Morgan fingerprint density at radius 1 is 1.00 bits per heavy atom. The second kappa shape index (κ2) is 5.82. The van der Waals surface area contributed by atoms with E-state index in [1.165, 1.54) is 5.69 Å². The monoisotopic (exact) mass is 269 g/mol. The summed E-state index contributed by atoms with van der Waals surface area (Å²) in [6, 6.07) is 14.4. The van der Waals surface area contributed by atoms with Crippen LogP contribution in [0.25, 0.3) is 0 Å². The number of aryl methyl sites for hydroxylation is 1. The maximum absolute atomic E-state index is 5.48. The topological polar surface area (TPSA) is 32.0 Å². The predicted molar refractivity (Wildman–Crippen MR) is 81.3 cm³/mol. The molecule has 1 aliphatic heterocycles. The second-order valence-electron chi connectivity index (χ2n) is 4.97. The molecule has 3 rings (SSSR count). The summed E-state index contributed by atoms with van der Waals surface area (Å²) in [4.78, 5) is 2.39. The Bertz CT molecular complexity index is 568. The third-order valence-electron chi connectivity index (χ3n) is 3.49. The van der Waals surface area contributed by atoms with Crippen molar-refractivity contribution >= 4 is 11.9 Å². The number of rotatable bonds is 3. The summed E-state index contributed by atoms with van der Waals surface area (Å²) in [5.74, 6) is 1.73. The molecule has 2 aromatic rings. The summed E-state index contributed by atoms with van der Waals surface area (Å²) in [7, 11) is 0. The van der Waals surface area contributed by atoms with Crippen LogP contribution in [-0.4, -0.2) is 37.4 Å². The van der Waals surface area contributed by atoms with Gasteiger partial charge < -0.3 is 9.32 Å². The number of hydrogen-bond donors (Lipinski definition) is 0. The molecule has 4 heteroatoms. The number of anilines is 1. The van der Waals surface area contributed by atoms with Crippen LogP contribution in [0.1, 0.15) is 11.5 Å². The molecule has 20 heavy (non-hydrogen) atoms. The quantitative estimate of drug-likeness (QED) is 0.803. The fourth-order valence-electron chi connectivity index (χ4n) is 2.37. The van der Waals surface area contributed by atoms with Crippen LogP contribution in [0.15, 0.2) is 52.0 Å². The van der Waals surface area contributed by atoms with Gasteiger partial charge in [0.2, 0.25) is 0 Å². The van der Waals surface area contributed by atoms with Gasteiger partial charge in [0, 0.05) is 18.8 Å². The largest absolute Gasteiger partial charge is 0.460 e. The lowest BCUT2D eigenvalue weighted by Gasteiger charge is -2.34. The fraction of sp³-hybridized carbons (Fsp3) is 0.312. The molecular formula is C16H19N3O. The van der Waals surface area contributed by atoms with E-state index >= 15 is 0 Å². The molecule has 0 spiro atoms. The minimum atomic E-state index is 0.813. The highest BCUT2D eigenvalue weighted by molar-refractivity contribution is 5.75. The minimum Gasteiger partial charge on any atom is -0.460 e. The van der Waals surface area contributed by atoms with Gasteiger partial charge in [0.05, 0.1) is 19.3 Å². The molecule has 1 saturated heterocycles. The number of furan rings is 1. The number of nitrogens with zero attached hydrogens (tertiary/aromatic N) is 3. The molecule has 4 nitrogen and oxygen atoms in total. The van der Waals surface area contributed by atoms with Crippen molar-refractivity contribution in [1.29, 1.82) is 0 Å². The first-order valence-corrected chi connectivity index (χ1v) is 6.97. The number of hydrogen-bond acceptors (Lipinski definition) is 4. The zero-order valence-corrected chi connectivity index (χ0v) is 11.7. The van der Waals surface area contributed by atoms with Gasteiger partial charge in [0.15, 0.2) is 0 Å². The summed E-state index contributed by atoms with van der Waals surface area (Å²) in [6.45, 7) is 5.81. The highest BCUT2D eigenvalue weighted by Gasteiger charge is 2.15. The molecule has 1 fully saturated rings. The summed E-state index contributed by atoms with van der Waals surface area (Å²) >= 11 is 0. The molecule has 0 aliphatic carbocycles. The van der Waals surface area contributed by atoms with Gasteiger partial charge in [-0.15, -0.1) is 0 Å². The lowest BCUT2D eigenvalue weighted by atomic mass is 10.2. The molecular weight excluding hydrogens is 250 g/mol. The smallest absolute Gasteiger partial charge is 0.147 e. The van der Waals surface area contributed by atoms with Crippen LogP contribution >= 0.6 is 0 Å². The molecule has 0 atom stereocenters. The van der Waals surface area contributed by atoms with Crippen molar-refractivity contribution in [2.75, 3.05) is 31.1 Å². The van der Waals surface area contributed by atoms with Gasteiger partial charge in [-0.3, -0.25) is 5.01 Å². The van der Waals surface area contributed by atoms with E-state index in [2.05, 4.69) is 45.3 Å². The minimum absolute atomic E-state index is 0.813. The van der Waals surface area contributed by atoms with E-state index in [1.807, 2.05) is 19.1 Å². The molecule has 0 unspecified atom stereocenters. The Kier molecular flexibility index (Phi) is 3.72. The molecule has 0 saturated carbocycles. The van der Waals surface area contributed by atoms with Crippen LogP contribution in [-0.2, 0) is 0 Å². The molecule has 0 radical (unpaired) electrons. The lowest BCUT2D eigenvalue weighted by Crippen LogP contribution is -2.44. The van der Waals surface area contributed by atoms with Crippen LogP contribution in [0.4, 0.5) is 5.69 Å². The lowest BCUT2D eigenvalue weighted by molar-refractivity contribution is 0.271. The van der Waals surface area contributed by atoms with Gasteiger partial charge in [0.1, 0.15) is 11.5 Å². The normalized spacial score (nSPS) is 16.1. The molecule has 0 amide bonds. The molecule has 1 aromatic carbocycles. The maximum atomic E-state index is 5.48. The highest BCUT2D eigenvalue weighted by Crippen LogP contribution is 2.15. The number of piperazine rings is 1. The third-order valence-corrected chi connectivity index (χ3v) is 3.49. The van der Waals surface area contributed by atoms with E-state index in [1.54, 1.807) is 6.21 Å². The van der Waals surface area contributed by atoms with E-state index in [0.29, 0.717) is 0 Å². The summed E-state index contributed by atoms with van der Waals surface area (Å²) in [5, 5.41) is 6.58. The standard InChI is InChI=1S/C16H19N3O/c1-14-7-8-16(20-14)13-17-19-11-9-18(10-12-19)15-5-3-2-4-6-15/h2-8,13H,9-12H2,1H3. The van der Waals surface area contributed by atoms with Gasteiger partial charge in [-0.25, -0.2) is 0 Å². The zero-order chi connectivity index (χ0) is 13.8. The summed E-state index contributed by atoms with van der Waals surface area (Å²) in [6.07, 6.45) is 1.80. The van der Waals surface area contributed by atoms with E-state index in [4.69, 9.17) is 4.42 Å². The van der Waals surface area contributed by atoms with Crippen molar-refractivity contribution in [1.82, 2.24) is 5.01 Å². The first kappa shape index (κ1) is 12.8. The second-order valence-corrected chi connectivity index (χ2v) is 4.97. The first-order valence-electron chi connectivity index (χ1n) is 6.97. The Hall–Kier alpha value is -2.23. The Balaban J connectivity index is 1.55. The average molecular weight is 269 g/mol. The van der Waals surface area contributed by atoms with Crippen LogP contribution in [0.3, 0.4) is 0 Å². The van der Waals surface area contributed by atoms with Crippen LogP contribution in [0, 0.1) is 6.92 Å². The summed E-state index contributed by atoms with van der Waals surface area (Å²) < 4.78 is 5.48. The van der Waals surface area contributed by atoms with E-state index in [0.717, 1.165) is 37.7 Å². The Labute approximate surface area is 119 Å². The molecule has 1 aliphatic rings. The summed E-state index contributed by atoms with van der Waals surface area (Å²) in [5.41, 5.74) is 1.29. The van der Waals surface area contributed by atoms with Gasteiger partial charge in [-0.2, -0.15) is 5.10 Å². The maximum Gasteiger partial charge on any atom is 0.147 e. The predicted octanol–water partition coefficient (Wildman–Crippen LogP) is 2.74. The highest BCUT2D eigenvalue weighted by atomic mass is 16.3. The molecule has 104 valence electrons. The van der Waals surface area contributed by atoms with Crippen molar-refractivity contribution in [3.63, 3.8) is 0 Å². The van der Waals surface area contributed by atoms with Crippen molar-refractivity contribution in [3.8, 4) is 0 Å². The average Bonchev–Trinajstić information content (AvgIpc) is 2.92. The first-order chi connectivity index (χ1) is 9.81. The number of benzene rings is 1. The van der Waals surface area contributed by atoms with Crippen molar-refractivity contribution < 1.29 is 4.42 Å². The zero-order valence-electron chi connectivity index (χ0n) is 11.7. The van der Waals surface area contributed by atoms with Gasteiger partial charge >= 0.3 is 0 Å². The van der Waals surface area contributed by atoms with E-state index in [9.17, 15) is 0 Å². The molecule has 1 aromatic heterocycles. The van der Waals surface area contributed by atoms with Crippen LogP contribution in [0.5, 0.6) is 0 Å². The SMILES string of the molecule is Cc1ccc(C=NN2CCN(c3ccccc3)CC2)o1. The van der Waals surface area contributed by atoms with E-state index < -0.39 is 0 Å². The van der Waals surface area contributed by atoms with Crippen LogP contribution < -0.4 is 4.90 Å². The fourth-order valence-corrected chi connectivity index (χ4v) is 2.37. The van der Waals surface area contributed by atoms with Gasteiger partial charge in [0.25, 0.3) is 0 Å². The van der Waals surface area contributed by atoms with Crippen molar-refractivity contribution in [2.45, 2.75) is 6.92 Å². The molecule has 2 heterocycles. The van der Waals surface area contributed by atoms with Crippen molar-refractivity contribution in [3.05, 3.63) is 54.0 Å². The van der Waals surface area contributed by atoms with Crippen LogP contribution in [0.2, 0.25) is 0 Å². The van der Waals surface area contributed by atoms with Crippen molar-refractivity contribution in [2.24, 2.45) is 5.10 Å². The third kappa shape index (κ3) is 3.02. The van der Waals surface area contributed by atoms with Gasteiger partial charge in [-0.05, 0) is 31.2 Å².